The fraction of sp³-hybridized carbons (Fsp3) is 0.235. The molecule has 2 aromatic carbocycles. The molecule has 24 heavy (non-hydrogen) atoms. The van der Waals surface area contributed by atoms with Crippen LogP contribution in [0.4, 0.5) is 13.2 Å². The second-order valence-corrected chi connectivity index (χ2v) is 5.03. The third-order valence-electron chi connectivity index (χ3n) is 3.47. The average Bonchev–Trinajstić information content (AvgIpc) is 2.54. The highest BCUT2D eigenvalue weighted by atomic mass is 19.4. The molecule has 0 fully saturated rings. The molecule has 0 amide bonds. The van der Waals surface area contributed by atoms with Gasteiger partial charge < -0.3 is 14.9 Å². The van der Waals surface area contributed by atoms with Crippen molar-refractivity contribution in [1.29, 1.82) is 0 Å². The first-order valence-electron chi connectivity index (χ1n) is 7.07. The van der Waals surface area contributed by atoms with Gasteiger partial charge in [0.05, 0.1) is 6.61 Å². The minimum absolute atomic E-state index is 0.301. The summed E-state index contributed by atoms with van der Waals surface area (Å²) < 4.78 is 44.6. The molecule has 0 bridgehead atoms. The van der Waals surface area contributed by atoms with E-state index in [1.54, 1.807) is 30.3 Å². The second-order valence-electron chi connectivity index (χ2n) is 5.03. The third kappa shape index (κ3) is 3.07. The number of halogens is 3. The molecule has 0 spiro atoms. The molecule has 2 aromatic rings. The zero-order chi connectivity index (χ0) is 18.0. The van der Waals surface area contributed by atoms with E-state index in [0.717, 1.165) is 12.1 Å². The number of rotatable bonds is 4. The van der Waals surface area contributed by atoms with Crippen molar-refractivity contribution in [2.75, 3.05) is 6.61 Å². The highest BCUT2D eigenvalue weighted by molar-refractivity contribution is 5.84. The number of carbonyl (C=O) groups excluding carboxylic acids is 1. The van der Waals surface area contributed by atoms with Crippen LogP contribution in [0.25, 0.3) is 11.1 Å². The number of aliphatic hydroxyl groups is 1. The van der Waals surface area contributed by atoms with Crippen molar-refractivity contribution in [3.63, 3.8) is 0 Å². The van der Waals surface area contributed by atoms with Crippen LogP contribution < -0.4 is 0 Å². The molecule has 0 radical (unpaired) electrons. The Balaban J connectivity index is 2.65. The van der Waals surface area contributed by atoms with Gasteiger partial charge in [0.25, 0.3) is 5.60 Å². The molecule has 0 saturated heterocycles. The minimum Gasteiger partial charge on any atom is -0.508 e. The van der Waals surface area contributed by atoms with Crippen LogP contribution in [0.2, 0.25) is 0 Å². The fourth-order valence-electron chi connectivity index (χ4n) is 2.25. The summed E-state index contributed by atoms with van der Waals surface area (Å²) in [5.41, 5.74) is -4.07. The minimum atomic E-state index is -5.37. The van der Waals surface area contributed by atoms with Gasteiger partial charge in [-0.1, -0.05) is 36.4 Å². The normalized spacial score (nSPS) is 14.0. The molecule has 128 valence electrons. The Kier molecular flexibility index (Phi) is 4.84. The van der Waals surface area contributed by atoms with Crippen molar-refractivity contribution >= 4 is 5.97 Å². The van der Waals surface area contributed by atoms with E-state index in [-0.39, 0.29) is 6.61 Å². The van der Waals surface area contributed by atoms with Crippen LogP contribution >= 0.6 is 0 Å². The summed E-state index contributed by atoms with van der Waals surface area (Å²) in [5.74, 6) is -2.75. The summed E-state index contributed by atoms with van der Waals surface area (Å²) in [7, 11) is 0. The number of hydrogen-bond donors (Lipinski definition) is 2. The first-order valence-corrected chi connectivity index (χ1v) is 7.07. The number of ether oxygens (including phenoxy) is 1. The molecule has 0 heterocycles. The van der Waals surface area contributed by atoms with Crippen LogP contribution in [0.1, 0.15) is 12.5 Å². The van der Waals surface area contributed by atoms with Crippen LogP contribution in [0.3, 0.4) is 0 Å². The van der Waals surface area contributed by atoms with E-state index in [4.69, 9.17) is 0 Å². The lowest BCUT2D eigenvalue weighted by molar-refractivity contribution is -0.268. The fourth-order valence-corrected chi connectivity index (χ4v) is 2.25. The number of hydrogen-bond acceptors (Lipinski definition) is 4. The van der Waals surface area contributed by atoms with Crippen molar-refractivity contribution in [3.05, 3.63) is 54.1 Å². The largest absolute Gasteiger partial charge is 0.508 e. The summed E-state index contributed by atoms with van der Waals surface area (Å²) in [6.45, 7) is 0.964. The SMILES string of the molecule is CCOC(=O)C(O)(c1cc(-c2ccccc2)ccc1O)C(F)(F)F. The van der Waals surface area contributed by atoms with Crippen LogP contribution in [0.15, 0.2) is 48.5 Å². The number of alkyl halides is 3. The van der Waals surface area contributed by atoms with Gasteiger partial charge in [-0.05, 0) is 30.2 Å². The van der Waals surface area contributed by atoms with Gasteiger partial charge in [-0.3, -0.25) is 0 Å². The van der Waals surface area contributed by atoms with E-state index in [9.17, 15) is 28.2 Å². The summed E-state index contributed by atoms with van der Waals surface area (Å²) in [6, 6.07) is 11.7. The number of benzene rings is 2. The standard InChI is InChI=1S/C17H15F3O4/c1-2-24-15(22)16(23,17(18,19)20)13-10-12(8-9-14(13)21)11-6-4-3-5-7-11/h3-10,21,23H,2H2,1H3. The van der Waals surface area contributed by atoms with Gasteiger partial charge >= 0.3 is 12.1 Å². The number of aromatic hydroxyl groups is 1. The van der Waals surface area contributed by atoms with Gasteiger partial charge in [-0.15, -0.1) is 0 Å². The molecular formula is C17H15F3O4. The smallest absolute Gasteiger partial charge is 0.432 e. The molecule has 0 aliphatic rings. The molecule has 0 aromatic heterocycles. The molecular weight excluding hydrogens is 325 g/mol. The van der Waals surface area contributed by atoms with Crippen molar-refractivity contribution in [3.8, 4) is 16.9 Å². The van der Waals surface area contributed by atoms with E-state index in [1.807, 2.05) is 0 Å². The molecule has 0 aliphatic carbocycles. The average molecular weight is 340 g/mol. The maximum Gasteiger partial charge on any atom is 0.432 e. The van der Waals surface area contributed by atoms with Gasteiger partial charge in [0, 0.05) is 5.56 Å². The number of carbonyl (C=O) groups is 1. The Morgan fingerprint density at radius 2 is 1.71 bits per heavy atom. The molecule has 0 aliphatic heterocycles. The van der Waals surface area contributed by atoms with Crippen molar-refractivity contribution in [1.82, 2.24) is 0 Å². The Morgan fingerprint density at radius 1 is 1.08 bits per heavy atom. The van der Waals surface area contributed by atoms with Gasteiger partial charge in [0.15, 0.2) is 0 Å². The molecule has 1 atom stereocenters. The molecule has 2 N–H and O–H groups in total. The second kappa shape index (κ2) is 6.52. The molecule has 1 unspecified atom stereocenters. The highest BCUT2D eigenvalue weighted by Crippen LogP contribution is 2.44. The Morgan fingerprint density at radius 3 is 2.25 bits per heavy atom. The van der Waals surface area contributed by atoms with Gasteiger partial charge in [-0.2, -0.15) is 13.2 Å². The number of phenolic OH excluding ortho intramolecular Hbond substituents is 1. The summed E-state index contributed by atoms with van der Waals surface area (Å²) in [4.78, 5) is 11.8. The predicted molar refractivity (Wildman–Crippen MR) is 80.1 cm³/mol. The van der Waals surface area contributed by atoms with Crippen LogP contribution in [0, 0.1) is 0 Å². The highest BCUT2D eigenvalue weighted by Gasteiger charge is 2.63. The van der Waals surface area contributed by atoms with Crippen molar-refractivity contribution in [2.45, 2.75) is 18.7 Å². The maximum absolute atomic E-state index is 13.4. The number of phenols is 1. The Hall–Kier alpha value is -2.54. The van der Waals surface area contributed by atoms with E-state index in [0.29, 0.717) is 11.1 Å². The van der Waals surface area contributed by atoms with Crippen molar-refractivity contribution in [2.24, 2.45) is 0 Å². The Bertz CT molecular complexity index is 728. The summed E-state index contributed by atoms with van der Waals surface area (Å²) in [5, 5.41) is 19.9. The molecule has 7 heteroatoms. The first kappa shape index (κ1) is 17.8. The van der Waals surface area contributed by atoms with E-state index >= 15 is 0 Å². The van der Waals surface area contributed by atoms with Gasteiger partial charge in [0.1, 0.15) is 5.75 Å². The number of esters is 1. The lowest BCUT2D eigenvalue weighted by Crippen LogP contribution is -2.50. The third-order valence-corrected chi connectivity index (χ3v) is 3.47. The summed E-state index contributed by atoms with van der Waals surface area (Å²) >= 11 is 0. The van der Waals surface area contributed by atoms with E-state index < -0.39 is 29.1 Å². The maximum atomic E-state index is 13.4. The monoisotopic (exact) mass is 340 g/mol. The van der Waals surface area contributed by atoms with Gasteiger partial charge in [-0.25, -0.2) is 4.79 Å². The molecule has 2 rings (SSSR count). The van der Waals surface area contributed by atoms with Crippen LogP contribution in [0.5, 0.6) is 5.75 Å². The Labute approximate surface area is 136 Å². The summed E-state index contributed by atoms with van der Waals surface area (Å²) in [6.07, 6.45) is -5.37. The quantitative estimate of drug-likeness (QED) is 0.838. The van der Waals surface area contributed by atoms with Crippen molar-refractivity contribution < 1.29 is 32.9 Å². The zero-order valence-electron chi connectivity index (χ0n) is 12.7. The zero-order valence-corrected chi connectivity index (χ0v) is 12.7. The van der Waals surface area contributed by atoms with Crippen LogP contribution in [-0.4, -0.2) is 29.0 Å². The first-order chi connectivity index (χ1) is 11.2. The molecule has 4 nitrogen and oxygen atoms in total. The topological polar surface area (TPSA) is 66.8 Å². The van der Waals surface area contributed by atoms with Gasteiger partial charge in [0.2, 0.25) is 0 Å². The van der Waals surface area contributed by atoms with Crippen LogP contribution in [-0.2, 0) is 15.1 Å². The van der Waals surface area contributed by atoms with E-state index in [1.165, 1.54) is 13.0 Å². The lowest BCUT2D eigenvalue weighted by Gasteiger charge is -2.29. The van der Waals surface area contributed by atoms with E-state index in [2.05, 4.69) is 4.74 Å². The molecule has 0 saturated carbocycles. The predicted octanol–water partition coefficient (Wildman–Crippen LogP) is 3.37. The lowest BCUT2D eigenvalue weighted by atomic mass is 9.89.